The zero-order valence-electron chi connectivity index (χ0n) is 12.8. The van der Waals surface area contributed by atoms with Crippen molar-refractivity contribution in [3.63, 3.8) is 0 Å². The molecule has 0 radical (unpaired) electrons. The summed E-state index contributed by atoms with van der Waals surface area (Å²) in [6.45, 7) is 5.14. The number of methoxy groups -OCH3 is 1. The van der Waals surface area contributed by atoms with E-state index in [2.05, 4.69) is 46.4 Å². The Balaban J connectivity index is 2.16. The Morgan fingerprint density at radius 2 is 2.14 bits per heavy atom. The monoisotopic (exact) mass is 351 g/mol. The highest BCUT2D eigenvalue weighted by Gasteiger charge is 2.14. The van der Waals surface area contributed by atoms with Crippen LogP contribution in [0.3, 0.4) is 0 Å². The summed E-state index contributed by atoms with van der Waals surface area (Å²) in [4.78, 5) is 0. The molecule has 0 bridgehead atoms. The van der Waals surface area contributed by atoms with Gasteiger partial charge in [0.1, 0.15) is 11.5 Å². The van der Waals surface area contributed by atoms with Gasteiger partial charge in [-0.3, -0.25) is 0 Å². The first kappa shape index (κ1) is 16.1. The van der Waals surface area contributed by atoms with Crippen LogP contribution in [0, 0.1) is 6.92 Å². The van der Waals surface area contributed by atoms with E-state index in [0.29, 0.717) is 0 Å². The molecule has 1 unspecified atom stereocenters. The van der Waals surface area contributed by atoms with Gasteiger partial charge in [-0.2, -0.15) is 0 Å². The Morgan fingerprint density at radius 3 is 2.71 bits per heavy atom. The third-order valence-corrected chi connectivity index (χ3v) is 4.07. The van der Waals surface area contributed by atoms with Gasteiger partial charge in [-0.05, 0) is 66.0 Å². The number of aryl methyl sites for hydroxylation is 1. The van der Waals surface area contributed by atoms with Crippen LogP contribution in [0.25, 0.3) is 0 Å². The first-order valence-electron chi connectivity index (χ1n) is 7.25. The number of ether oxygens (including phenoxy) is 1. The van der Waals surface area contributed by atoms with Crippen LogP contribution in [0.1, 0.15) is 36.3 Å². The summed E-state index contributed by atoms with van der Waals surface area (Å²) < 4.78 is 11.7. The van der Waals surface area contributed by atoms with E-state index in [-0.39, 0.29) is 6.04 Å². The molecule has 21 heavy (non-hydrogen) atoms. The fraction of sp³-hybridized carbons (Fsp3) is 0.412. The summed E-state index contributed by atoms with van der Waals surface area (Å²) >= 11 is 3.55. The zero-order valence-corrected chi connectivity index (χ0v) is 14.4. The number of halogens is 1. The lowest BCUT2D eigenvalue weighted by Gasteiger charge is -2.17. The van der Waals surface area contributed by atoms with Crippen molar-refractivity contribution in [1.29, 1.82) is 0 Å². The molecule has 1 aromatic carbocycles. The zero-order chi connectivity index (χ0) is 15.2. The highest BCUT2D eigenvalue weighted by Crippen LogP contribution is 2.28. The summed E-state index contributed by atoms with van der Waals surface area (Å²) in [7, 11) is 1.68. The lowest BCUT2D eigenvalue weighted by Crippen LogP contribution is -2.23. The van der Waals surface area contributed by atoms with Crippen LogP contribution in [-0.2, 0) is 6.42 Å². The fourth-order valence-electron chi connectivity index (χ4n) is 2.35. The molecule has 0 spiro atoms. The van der Waals surface area contributed by atoms with Gasteiger partial charge in [0.2, 0.25) is 0 Å². The van der Waals surface area contributed by atoms with Crippen molar-refractivity contribution < 1.29 is 9.15 Å². The van der Waals surface area contributed by atoms with E-state index >= 15 is 0 Å². The van der Waals surface area contributed by atoms with E-state index in [4.69, 9.17) is 9.15 Å². The maximum absolute atomic E-state index is 5.45. The predicted molar refractivity (Wildman–Crippen MR) is 88.9 cm³/mol. The highest BCUT2D eigenvalue weighted by atomic mass is 79.9. The van der Waals surface area contributed by atoms with Gasteiger partial charge in [-0.1, -0.05) is 13.0 Å². The first-order chi connectivity index (χ1) is 10.1. The number of benzene rings is 1. The molecule has 1 N–H and O–H groups in total. The van der Waals surface area contributed by atoms with Gasteiger partial charge in [-0.15, -0.1) is 0 Å². The predicted octanol–water partition coefficient (Wildman–Crippen LogP) is 4.64. The second-order valence-corrected chi connectivity index (χ2v) is 6.02. The summed E-state index contributed by atoms with van der Waals surface area (Å²) in [5, 5.41) is 3.59. The van der Waals surface area contributed by atoms with Crippen LogP contribution in [0.15, 0.2) is 39.4 Å². The van der Waals surface area contributed by atoms with Crippen molar-refractivity contribution in [2.75, 3.05) is 13.7 Å². The molecule has 1 heterocycles. The Labute approximate surface area is 134 Å². The summed E-state index contributed by atoms with van der Waals surface area (Å²) in [6.07, 6.45) is 3.88. The van der Waals surface area contributed by atoms with Crippen LogP contribution >= 0.6 is 15.9 Å². The van der Waals surface area contributed by atoms with Gasteiger partial charge >= 0.3 is 0 Å². The maximum Gasteiger partial charge on any atom is 0.133 e. The van der Waals surface area contributed by atoms with Crippen LogP contribution in [0.4, 0.5) is 0 Å². The van der Waals surface area contributed by atoms with E-state index in [1.54, 1.807) is 7.11 Å². The quantitative estimate of drug-likeness (QED) is 0.788. The Kier molecular flexibility index (Phi) is 5.88. The molecule has 3 nitrogen and oxygen atoms in total. The molecule has 0 saturated heterocycles. The van der Waals surface area contributed by atoms with Gasteiger partial charge in [0.05, 0.1) is 17.8 Å². The molecule has 0 aliphatic rings. The molecule has 2 aromatic rings. The number of rotatable bonds is 7. The normalized spacial score (nSPS) is 12.4. The van der Waals surface area contributed by atoms with Crippen LogP contribution < -0.4 is 10.1 Å². The van der Waals surface area contributed by atoms with Gasteiger partial charge in [-0.25, -0.2) is 0 Å². The smallest absolute Gasteiger partial charge is 0.133 e. The SMILES string of the molecule is CCCNC(Cc1ccc(OC)c(Br)c1)c1coc(C)c1. The summed E-state index contributed by atoms with van der Waals surface area (Å²) in [5.41, 5.74) is 2.46. The molecule has 1 atom stereocenters. The third kappa shape index (κ3) is 4.35. The number of hydrogen-bond donors (Lipinski definition) is 1. The second kappa shape index (κ2) is 7.66. The minimum absolute atomic E-state index is 0.266. The van der Waals surface area contributed by atoms with Crippen LogP contribution in [0.2, 0.25) is 0 Å². The van der Waals surface area contributed by atoms with Crippen molar-refractivity contribution in [1.82, 2.24) is 5.32 Å². The van der Waals surface area contributed by atoms with Gasteiger partial charge in [0.15, 0.2) is 0 Å². The number of hydrogen-bond acceptors (Lipinski definition) is 3. The average molecular weight is 352 g/mol. The molecule has 0 fully saturated rings. The van der Waals surface area contributed by atoms with Gasteiger partial charge < -0.3 is 14.5 Å². The molecule has 0 amide bonds. The number of furan rings is 1. The van der Waals surface area contributed by atoms with Crippen molar-refractivity contribution in [3.8, 4) is 5.75 Å². The highest BCUT2D eigenvalue weighted by molar-refractivity contribution is 9.10. The van der Waals surface area contributed by atoms with Gasteiger partial charge in [0.25, 0.3) is 0 Å². The fourth-order valence-corrected chi connectivity index (χ4v) is 2.93. The lowest BCUT2D eigenvalue weighted by molar-refractivity contribution is 0.412. The largest absolute Gasteiger partial charge is 0.496 e. The molecule has 0 aliphatic carbocycles. The van der Waals surface area contributed by atoms with E-state index in [1.807, 2.05) is 19.3 Å². The second-order valence-electron chi connectivity index (χ2n) is 5.17. The van der Waals surface area contributed by atoms with Gasteiger partial charge in [0, 0.05) is 11.6 Å². The Morgan fingerprint density at radius 1 is 1.33 bits per heavy atom. The molecule has 2 rings (SSSR count). The Hall–Kier alpha value is -1.26. The molecule has 0 saturated carbocycles. The van der Waals surface area contributed by atoms with E-state index in [0.717, 1.165) is 35.4 Å². The lowest BCUT2D eigenvalue weighted by atomic mass is 10.0. The minimum atomic E-state index is 0.266. The first-order valence-corrected chi connectivity index (χ1v) is 8.04. The van der Waals surface area contributed by atoms with Crippen molar-refractivity contribution in [2.45, 2.75) is 32.7 Å². The summed E-state index contributed by atoms with van der Waals surface area (Å²) in [6, 6.07) is 8.59. The molecule has 4 heteroatoms. The average Bonchev–Trinajstić information content (AvgIpc) is 2.90. The molecular weight excluding hydrogens is 330 g/mol. The molecule has 0 aliphatic heterocycles. The Bertz CT molecular complexity index is 580. The topological polar surface area (TPSA) is 34.4 Å². The van der Waals surface area contributed by atoms with Crippen molar-refractivity contribution in [3.05, 3.63) is 51.9 Å². The molecular formula is C17H22BrNO2. The van der Waals surface area contributed by atoms with E-state index in [9.17, 15) is 0 Å². The third-order valence-electron chi connectivity index (χ3n) is 3.45. The summed E-state index contributed by atoms with van der Waals surface area (Å²) in [5.74, 6) is 1.81. The minimum Gasteiger partial charge on any atom is -0.496 e. The van der Waals surface area contributed by atoms with Crippen LogP contribution in [0.5, 0.6) is 5.75 Å². The standard InChI is InChI=1S/C17H22BrNO2/c1-4-7-19-16(14-8-12(2)21-11-14)10-13-5-6-17(20-3)15(18)9-13/h5-6,8-9,11,16,19H,4,7,10H2,1-3H3. The van der Waals surface area contributed by atoms with Crippen LogP contribution in [-0.4, -0.2) is 13.7 Å². The van der Waals surface area contributed by atoms with Crippen molar-refractivity contribution in [2.24, 2.45) is 0 Å². The van der Waals surface area contributed by atoms with E-state index in [1.165, 1.54) is 11.1 Å². The molecule has 114 valence electrons. The number of nitrogens with one attached hydrogen (secondary N) is 1. The maximum atomic E-state index is 5.45. The van der Waals surface area contributed by atoms with Crippen molar-refractivity contribution >= 4 is 15.9 Å². The van der Waals surface area contributed by atoms with E-state index < -0.39 is 0 Å². The molecule has 1 aromatic heterocycles.